The van der Waals surface area contributed by atoms with Crippen LogP contribution < -0.4 is 0 Å². The molecule has 3 fully saturated rings. The summed E-state index contributed by atoms with van der Waals surface area (Å²) in [4.78, 5) is 13.0. The summed E-state index contributed by atoms with van der Waals surface area (Å²) in [6, 6.07) is 60.7. The van der Waals surface area contributed by atoms with Gasteiger partial charge in [-0.1, -0.05) is 216 Å². The van der Waals surface area contributed by atoms with Gasteiger partial charge in [-0.2, -0.15) is 0 Å². The van der Waals surface area contributed by atoms with Crippen molar-refractivity contribution in [1.82, 2.24) is 0 Å². The van der Waals surface area contributed by atoms with Crippen molar-refractivity contribution in [1.29, 1.82) is 0 Å². The van der Waals surface area contributed by atoms with Crippen molar-refractivity contribution in [3.63, 3.8) is 0 Å². The fourth-order valence-electron chi connectivity index (χ4n) is 10.1. The highest BCUT2D eigenvalue weighted by Gasteiger charge is 2.44. The molecule has 13 heteroatoms. The van der Waals surface area contributed by atoms with Gasteiger partial charge in [0.05, 0.1) is 70.7 Å². The lowest BCUT2D eigenvalue weighted by molar-refractivity contribution is -0.222. The molecule has 0 saturated carbocycles. The van der Waals surface area contributed by atoms with Crippen molar-refractivity contribution in [2.24, 2.45) is 29.6 Å². The van der Waals surface area contributed by atoms with Crippen LogP contribution in [-0.2, 0) is 85.2 Å². The van der Waals surface area contributed by atoms with Gasteiger partial charge in [0.2, 0.25) is 0 Å². The number of hydrogen-bond acceptors (Lipinski definition) is 13. The van der Waals surface area contributed by atoms with Crippen LogP contribution in [0.5, 0.6) is 0 Å². The standard InChI is InChI=1S/C23H28O4S.C23H30O3.C22H28O5/c1-16-14-26-23(28-20-12-8-5-9-13-20)22(27-18(3)24)21(17(16)2)25-15-19-10-6-4-7-11-19;1-17-14-24-19(3)23(26-16-21-12-8-5-9-13-21)22(18(17)2)25-15-20-10-6-4-7-11-20;1-16-19(23)15-27-22(24-2)21(26-14-18-11-7-4-8-12-18)20(16)25-13-17-9-5-3-6-10-17/h4-13,16-17,21-23H,14-15H2,1-3H3;4-13,17-19,22-23H,14-16H2,1-3H3;3-12,16,19-23H,13-15H2,1-2H3/t16-,17-,21+,22+,23-;17-,18-,19-,22+,23-;16-,19-,20+,21+,22+/m111/s1. The molecule has 0 aliphatic carbocycles. The van der Waals surface area contributed by atoms with E-state index in [1.807, 2.05) is 165 Å². The van der Waals surface area contributed by atoms with Crippen LogP contribution in [0.15, 0.2) is 187 Å². The molecule has 1 N–H and O–H groups in total. The lowest BCUT2D eigenvalue weighted by Crippen LogP contribution is -2.45. The molecule has 6 aromatic rings. The Balaban J connectivity index is 0.000000175. The number of aliphatic hydroxyl groups excluding tert-OH is 1. The number of ether oxygens (including phenoxy) is 10. The van der Waals surface area contributed by atoms with Crippen LogP contribution in [0, 0.1) is 29.6 Å². The first-order chi connectivity index (χ1) is 39.4. The van der Waals surface area contributed by atoms with Gasteiger partial charge in [-0.25, -0.2) is 0 Å². The molecule has 0 spiro atoms. The highest BCUT2D eigenvalue weighted by Crippen LogP contribution is 2.38. The fraction of sp³-hybridized carbons (Fsp3) is 0.456. The highest BCUT2D eigenvalue weighted by molar-refractivity contribution is 7.99. The van der Waals surface area contributed by atoms with E-state index in [1.54, 1.807) is 18.9 Å². The van der Waals surface area contributed by atoms with E-state index in [2.05, 4.69) is 58.9 Å². The SMILES string of the molecule is CC(=O)O[C@H]1[C@@H](OCc2ccccc2)[C@H](C)[C@H](C)CO[C@@H]1Sc1ccccc1.CO[C@H]1OC[C@@H](O)[C@@H](C)[C@H](OCc2ccccc2)[C@@H]1OCc1ccccc1.C[C@H]1[C@H](OCc2ccccc2)[C@H](OCc2ccccc2)[C@@H](C)OC[C@H]1C. The molecule has 9 rings (SSSR count). The van der Waals surface area contributed by atoms with Crippen molar-refractivity contribution in [3.8, 4) is 0 Å². The largest absolute Gasteiger partial charge is 0.456 e. The van der Waals surface area contributed by atoms with E-state index < -0.39 is 24.6 Å². The molecular weight excluding hydrogens is 1040 g/mol. The zero-order valence-electron chi connectivity index (χ0n) is 48.5. The maximum absolute atomic E-state index is 11.9. The molecular formula is C68H86O12S. The molecule has 15 atom stereocenters. The van der Waals surface area contributed by atoms with Crippen molar-refractivity contribution in [2.45, 2.75) is 147 Å². The Labute approximate surface area is 486 Å². The van der Waals surface area contributed by atoms with Gasteiger partial charge in [0.15, 0.2) is 12.4 Å². The molecule has 12 nitrogen and oxygen atoms in total. The van der Waals surface area contributed by atoms with E-state index in [-0.39, 0.29) is 60.4 Å². The summed E-state index contributed by atoms with van der Waals surface area (Å²) < 4.78 is 60.8. The number of esters is 1. The van der Waals surface area contributed by atoms with Gasteiger partial charge in [-0.05, 0) is 70.5 Å². The summed E-state index contributed by atoms with van der Waals surface area (Å²) in [7, 11) is 1.58. The second kappa shape index (κ2) is 33.7. The summed E-state index contributed by atoms with van der Waals surface area (Å²) in [5, 5.41) is 10.4. The predicted molar refractivity (Wildman–Crippen MR) is 317 cm³/mol. The Kier molecular flexibility index (Phi) is 26.4. The number of benzene rings is 6. The first-order valence-electron chi connectivity index (χ1n) is 28.6. The van der Waals surface area contributed by atoms with E-state index in [4.69, 9.17) is 47.4 Å². The molecule has 0 radical (unpaired) electrons. The monoisotopic (exact) mass is 1130 g/mol. The Hall–Kier alpha value is -5.26. The smallest absolute Gasteiger partial charge is 0.303 e. The van der Waals surface area contributed by atoms with Gasteiger partial charge in [-0.15, -0.1) is 0 Å². The van der Waals surface area contributed by atoms with E-state index in [9.17, 15) is 9.90 Å². The van der Waals surface area contributed by atoms with Crippen LogP contribution in [0.3, 0.4) is 0 Å². The zero-order chi connectivity index (χ0) is 57.3. The fourth-order valence-corrected chi connectivity index (χ4v) is 11.1. The lowest BCUT2D eigenvalue weighted by Gasteiger charge is -2.33. The molecule has 0 unspecified atom stereocenters. The second-order valence-electron chi connectivity index (χ2n) is 21.6. The average molecular weight is 1130 g/mol. The topological polar surface area (TPSA) is 130 Å². The summed E-state index contributed by atoms with van der Waals surface area (Å²) in [5.41, 5.74) is 5.27. The molecule has 3 aliphatic heterocycles. The van der Waals surface area contributed by atoms with Gasteiger partial charge < -0.3 is 52.5 Å². The third-order valence-corrected chi connectivity index (χ3v) is 16.6. The van der Waals surface area contributed by atoms with Gasteiger partial charge in [0.1, 0.15) is 23.7 Å². The number of methoxy groups -OCH3 is 1. The molecule has 0 bridgehead atoms. The molecule has 0 aromatic heterocycles. The van der Waals surface area contributed by atoms with Gasteiger partial charge in [0.25, 0.3) is 0 Å². The summed E-state index contributed by atoms with van der Waals surface area (Å²) >= 11 is 1.58. The number of thioether (sulfide) groups is 1. The lowest BCUT2D eigenvalue weighted by atomic mass is 9.88. The van der Waals surface area contributed by atoms with E-state index in [0.717, 1.165) is 28.2 Å². The van der Waals surface area contributed by atoms with E-state index >= 15 is 0 Å². The summed E-state index contributed by atoms with van der Waals surface area (Å²) in [6.07, 6.45) is -2.86. The Morgan fingerprint density at radius 1 is 0.444 bits per heavy atom. The minimum Gasteiger partial charge on any atom is -0.456 e. The van der Waals surface area contributed by atoms with Crippen molar-refractivity contribution < 1.29 is 57.3 Å². The van der Waals surface area contributed by atoms with E-state index in [0.29, 0.717) is 57.4 Å². The van der Waals surface area contributed by atoms with Crippen LogP contribution in [-0.4, -0.2) is 98.6 Å². The third-order valence-electron chi connectivity index (χ3n) is 15.5. The van der Waals surface area contributed by atoms with Gasteiger partial charge >= 0.3 is 5.97 Å². The number of carbonyl (C=O) groups excluding carboxylic acids is 1. The van der Waals surface area contributed by atoms with Crippen LogP contribution in [0.4, 0.5) is 0 Å². The number of rotatable bonds is 19. The van der Waals surface area contributed by atoms with Crippen molar-refractivity contribution >= 4 is 17.7 Å². The predicted octanol–water partition coefficient (Wildman–Crippen LogP) is 12.9. The third kappa shape index (κ3) is 20.0. The van der Waals surface area contributed by atoms with Gasteiger partial charge in [-0.3, -0.25) is 4.79 Å². The first-order valence-corrected chi connectivity index (χ1v) is 29.5. The number of carbonyl (C=O) groups is 1. The van der Waals surface area contributed by atoms with E-state index in [1.165, 1.54) is 18.1 Å². The first kappa shape index (κ1) is 63.3. The summed E-state index contributed by atoms with van der Waals surface area (Å²) in [5.74, 6) is 0.805. The quantitative estimate of drug-likeness (QED) is 0.0773. The van der Waals surface area contributed by atoms with Crippen LogP contribution in [0.25, 0.3) is 0 Å². The minimum atomic E-state index is -0.645. The number of hydrogen-bond donors (Lipinski definition) is 1. The molecule has 436 valence electrons. The molecule has 3 heterocycles. The van der Waals surface area contributed by atoms with Gasteiger partial charge in [0, 0.05) is 31.5 Å². The van der Waals surface area contributed by atoms with Crippen LogP contribution in [0.1, 0.15) is 76.3 Å². The highest BCUT2D eigenvalue weighted by atomic mass is 32.2. The molecule has 0 amide bonds. The summed E-state index contributed by atoms with van der Waals surface area (Å²) in [6.45, 7) is 18.3. The Morgan fingerprint density at radius 3 is 1.19 bits per heavy atom. The van der Waals surface area contributed by atoms with Crippen LogP contribution in [0.2, 0.25) is 0 Å². The average Bonchev–Trinajstić information content (AvgIpc) is 3.78. The maximum Gasteiger partial charge on any atom is 0.303 e. The zero-order valence-corrected chi connectivity index (χ0v) is 49.3. The minimum absolute atomic E-state index is 0.00594. The molecule has 6 aromatic carbocycles. The van der Waals surface area contributed by atoms with Crippen molar-refractivity contribution in [3.05, 3.63) is 210 Å². The second-order valence-corrected chi connectivity index (χ2v) is 22.8. The van der Waals surface area contributed by atoms with Crippen molar-refractivity contribution in [2.75, 3.05) is 26.9 Å². The molecule has 3 saturated heterocycles. The number of aliphatic hydroxyl groups is 1. The molecule has 81 heavy (non-hydrogen) atoms. The van der Waals surface area contributed by atoms with Crippen LogP contribution >= 0.6 is 11.8 Å². The normalized spacial score (nSPS) is 28.5. The Morgan fingerprint density at radius 2 is 0.790 bits per heavy atom. The maximum atomic E-state index is 11.9. The Bertz CT molecular complexity index is 2580. The molecule has 3 aliphatic rings.